The molecule has 9 aromatic carbocycles. The first-order valence-electron chi connectivity index (χ1n) is 21.6. The van der Waals surface area contributed by atoms with Crippen molar-refractivity contribution < 1.29 is 0 Å². The van der Waals surface area contributed by atoms with Crippen molar-refractivity contribution in [3.05, 3.63) is 231 Å². The molecule has 63 heavy (non-hydrogen) atoms. The fraction of sp³-hybridized carbons (Fsp3) is 0. The van der Waals surface area contributed by atoms with E-state index in [2.05, 4.69) is 240 Å². The standard InChI is InChI=1S/C58H38GeN4/c1-5-19-40(20-6-1)58-60-56(55-47-29-13-16-30-50(47)59(57(55)61-58,41-21-7-2-8-22-41)42-23-9-3-10-24-42)39-33-35-44(36-34-39)63-52-32-18-15-28-46(52)49-37-48-45-27-14-17-31-51(45)62(53(48)38-54(49)63)43-25-11-4-12-26-43/h1-38H. The Bertz CT molecular complexity index is 3670. The van der Waals surface area contributed by atoms with Crippen LogP contribution in [-0.4, -0.2) is 32.4 Å². The van der Waals surface area contributed by atoms with Gasteiger partial charge in [-0.15, -0.1) is 0 Å². The van der Waals surface area contributed by atoms with Gasteiger partial charge in [0.25, 0.3) is 0 Å². The van der Waals surface area contributed by atoms with Gasteiger partial charge in [0.2, 0.25) is 0 Å². The molecule has 0 radical (unpaired) electrons. The maximum absolute atomic E-state index is 5.69. The van der Waals surface area contributed by atoms with E-state index < -0.39 is 13.3 Å². The SMILES string of the molecule is c1ccc(-c2nc(-c3ccc(-n4c5ccccc5c5cc6c7ccccc7n(-c7ccccc7)c6cc54)cc3)c3[c](n2)[Ge]([c]2ccccc2)([c]2ccccc2)[c]2ccccc2-3)cc1. The summed E-state index contributed by atoms with van der Waals surface area (Å²) >= 11 is -3.67. The Hall–Kier alpha value is -7.80. The van der Waals surface area contributed by atoms with Gasteiger partial charge in [0.15, 0.2) is 0 Å². The van der Waals surface area contributed by atoms with E-state index in [-0.39, 0.29) is 0 Å². The summed E-state index contributed by atoms with van der Waals surface area (Å²) in [6.07, 6.45) is 0. The third-order valence-electron chi connectivity index (χ3n) is 13.2. The van der Waals surface area contributed by atoms with E-state index in [1.807, 2.05) is 0 Å². The van der Waals surface area contributed by atoms with Gasteiger partial charge in [0, 0.05) is 11.1 Å². The molecule has 0 atom stereocenters. The molecule has 3 aromatic heterocycles. The Morgan fingerprint density at radius 2 is 0.841 bits per heavy atom. The number of hydrogen-bond donors (Lipinski definition) is 0. The van der Waals surface area contributed by atoms with Crippen LogP contribution in [0.15, 0.2) is 231 Å². The van der Waals surface area contributed by atoms with Gasteiger partial charge in [0.1, 0.15) is 0 Å². The Kier molecular flexibility index (Phi) is 8.05. The number of hydrogen-bond acceptors (Lipinski definition) is 2. The fourth-order valence-corrected chi connectivity index (χ4v) is 21.0. The molecule has 5 heteroatoms. The summed E-state index contributed by atoms with van der Waals surface area (Å²) in [6, 6.07) is 84.0. The van der Waals surface area contributed by atoms with Crippen molar-refractivity contribution in [2.75, 3.05) is 0 Å². The summed E-state index contributed by atoms with van der Waals surface area (Å²) in [5.41, 5.74) is 12.4. The molecule has 12 aromatic rings. The molecule has 0 N–H and O–H groups in total. The molecule has 0 amide bonds. The fourth-order valence-electron chi connectivity index (χ4n) is 10.5. The third kappa shape index (κ3) is 5.28. The van der Waals surface area contributed by atoms with Crippen LogP contribution < -0.4 is 17.7 Å². The molecule has 0 aliphatic carbocycles. The van der Waals surface area contributed by atoms with Gasteiger partial charge < -0.3 is 0 Å². The van der Waals surface area contributed by atoms with Crippen molar-refractivity contribution in [2.45, 2.75) is 0 Å². The molecule has 4 nitrogen and oxygen atoms in total. The van der Waals surface area contributed by atoms with Crippen LogP contribution in [0, 0.1) is 0 Å². The molecule has 13 rings (SSSR count). The van der Waals surface area contributed by atoms with Crippen LogP contribution in [0.4, 0.5) is 0 Å². The van der Waals surface area contributed by atoms with E-state index >= 15 is 0 Å². The second-order valence-electron chi connectivity index (χ2n) is 16.5. The minimum absolute atomic E-state index is 0.753. The Balaban J connectivity index is 1.06. The molecule has 0 fully saturated rings. The van der Waals surface area contributed by atoms with E-state index in [4.69, 9.17) is 9.97 Å². The van der Waals surface area contributed by atoms with E-state index in [1.165, 1.54) is 66.9 Å². The molecule has 1 aliphatic heterocycles. The topological polar surface area (TPSA) is 35.6 Å². The molecule has 4 heterocycles. The van der Waals surface area contributed by atoms with E-state index in [1.54, 1.807) is 0 Å². The molecule has 1 aliphatic rings. The zero-order valence-corrected chi connectivity index (χ0v) is 36.3. The number of aromatic nitrogens is 4. The molecule has 0 saturated carbocycles. The van der Waals surface area contributed by atoms with Gasteiger partial charge in [-0.25, -0.2) is 0 Å². The average molecular weight is 864 g/mol. The van der Waals surface area contributed by atoms with E-state index in [0.717, 1.165) is 39.6 Å². The van der Waals surface area contributed by atoms with Crippen LogP contribution in [0.5, 0.6) is 0 Å². The van der Waals surface area contributed by atoms with Crippen molar-refractivity contribution in [1.29, 1.82) is 0 Å². The Morgan fingerprint density at radius 3 is 1.44 bits per heavy atom. The van der Waals surface area contributed by atoms with Crippen molar-refractivity contribution in [3.8, 4) is 45.1 Å². The van der Waals surface area contributed by atoms with Crippen LogP contribution in [0.2, 0.25) is 0 Å². The van der Waals surface area contributed by atoms with Crippen molar-refractivity contribution in [1.82, 2.24) is 19.1 Å². The molecule has 0 unspecified atom stereocenters. The average Bonchev–Trinajstić information content (AvgIpc) is 3.98. The van der Waals surface area contributed by atoms with Crippen LogP contribution in [-0.2, 0) is 0 Å². The van der Waals surface area contributed by atoms with Crippen LogP contribution in [0.1, 0.15) is 0 Å². The third-order valence-corrected chi connectivity index (χ3v) is 23.1. The summed E-state index contributed by atoms with van der Waals surface area (Å²) in [6.45, 7) is 0. The quantitative estimate of drug-likeness (QED) is 0.156. The summed E-state index contributed by atoms with van der Waals surface area (Å²) in [7, 11) is 0. The zero-order valence-electron chi connectivity index (χ0n) is 34.2. The summed E-state index contributed by atoms with van der Waals surface area (Å²) in [5, 5.41) is 4.97. The van der Waals surface area contributed by atoms with E-state index in [9.17, 15) is 0 Å². The Morgan fingerprint density at radius 1 is 0.349 bits per heavy atom. The summed E-state index contributed by atoms with van der Waals surface area (Å²) < 4.78 is 10.1. The van der Waals surface area contributed by atoms with Crippen molar-refractivity contribution in [3.63, 3.8) is 0 Å². The van der Waals surface area contributed by atoms with Crippen molar-refractivity contribution in [2.24, 2.45) is 0 Å². The normalized spacial score (nSPS) is 12.9. The molecular weight excluding hydrogens is 825 g/mol. The second-order valence-corrected chi connectivity index (χ2v) is 24.2. The summed E-state index contributed by atoms with van der Waals surface area (Å²) in [4.78, 5) is 11.2. The zero-order chi connectivity index (χ0) is 41.5. The minimum atomic E-state index is -3.67. The van der Waals surface area contributed by atoms with Crippen molar-refractivity contribution >= 4 is 74.6 Å². The van der Waals surface area contributed by atoms with Gasteiger partial charge in [-0.3, -0.25) is 0 Å². The second kappa shape index (κ2) is 14.1. The predicted octanol–water partition coefficient (Wildman–Crippen LogP) is 11.4. The van der Waals surface area contributed by atoms with E-state index in [0.29, 0.717) is 0 Å². The molecular formula is C58H38GeN4. The number of para-hydroxylation sites is 3. The molecule has 294 valence electrons. The van der Waals surface area contributed by atoms with Gasteiger partial charge in [0.05, 0.1) is 5.52 Å². The molecule has 0 bridgehead atoms. The van der Waals surface area contributed by atoms with Gasteiger partial charge in [-0.2, -0.15) is 0 Å². The number of nitrogens with zero attached hydrogens (tertiary/aromatic N) is 4. The molecule has 0 saturated heterocycles. The first-order valence-corrected chi connectivity index (χ1v) is 25.8. The first-order chi connectivity index (χ1) is 31.3. The Labute approximate surface area is 367 Å². The summed E-state index contributed by atoms with van der Waals surface area (Å²) in [5.74, 6) is 0.753. The monoisotopic (exact) mass is 864 g/mol. The molecule has 0 spiro atoms. The van der Waals surface area contributed by atoms with Crippen LogP contribution >= 0.6 is 0 Å². The number of rotatable bonds is 6. The van der Waals surface area contributed by atoms with Crippen LogP contribution in [0.25, 0.3) is 88.8 Å². The maximum atomic E-state index is 5.69. The first kappa shape index (κ1) is 35.9. The predicted molar refractivity (Wildman–Crippen MR) is 264 cm³/mol. The van der Waals surface area contributed by atoms with Gasteiger partial charge in [-0.1, -0.05) is 36.4 Å². The van der Waals surface area contributed by atoms with Gasteiger partial charge >= 0.3 is 298 Å². The van der Waals surface area contributed by atoms with Gasteiger partial charge in [-0.05, 0) is 18.2 Å². The number of fused-ring (bicyclic) bond motifs is 9. The van der Waals surface area contributed by atoms with Crippen LogP contribution in [0.3, 0.4) is 0 Å². The number of benzene rings is 9.